The summed E-state index contributed by atoms with van der Waals surface area (Å²) in [7, 11) is 0. The van der Waals surface area contributed by atoms with Gasteiger partial charge in [-0.2, -0.15) is 11.8 Å². The van der Waals surface area contributed by atoms with E-state index in [0.717, 1.165) is 18.7 Å². The minimum atomic E-state index is -0.966. The van der Waals surface area contributed by atoms with Crippen LogP contribution in [0.3, 0.4) is 0 Å². The highest BCUT2D eigenvalue weighted by molar-refractivity contribution is 7.99. The number of thioether (sulfide) groups is 1. The maximum absolute atomic E-state index is 11.7. The second-order valence-electron chi connectivity index (χ2n) is 5.39. The topological polar surface area (TPSA) is 69.6 Å². The summed E-state index contributed by atoms with van der Waals surface area (Å²) in [6.45, 7) is 3.38. The predicted octanol–water partition coefficient (Wildman–Crippen LogP) is 0.939. The SMILES string of the molecule is O=C(CSCCN1CCCC1)NC1(C(=O)O)CCC1. The van der Waals surface area contributed by atoms with Crippen LogP contribution in [-0.4, -0.2) is 58.6 Å². The first-order valence-electron chi connectivity index (χ1n) is 6.97. The molecular formula is C13H22N2O3S. The number of carboxylic acid groups (broad SMARTS) is 1. The van der Waals surface area contributed by atoms with Gasteiger partial charge in [0, 0.05) is 12.3 Å². The highest BCUT2D eigenvalue weighted by Crippen LogP contribution is 2.32. The summed E-state index contributed by atoms with van der Waals surface area (Å²) in [4.78, 5) is 25.3. The van der Waals surface area contributed by atoms with Crippen molar-refractivity contribution in [1.29, 1.82) is 0 Å². The van der Waals surface area contributed by atoms with E-state index in [9.17, 15) is 9.59 Å². The van der Waals surface area contributed by atoms with Gasteiger partial charge in [0.05, 0.1) is 5.75 Å². The Kier molecular flexibility index (Phi) is 5.10. The molecular weight excluding hydrogens is 264 g/mol. The van der Waals surface area contributed by atoms with E-state index in [1.165, 1.54) is 25.9 Å². The number of nitrogens with one attached hydrogen (secondary N) is 1. The van der Waals surface area contributed by atoms with E-state index < -0.39 is 11.5 Å². The summed E-state index contributed by atoms with van der Waals surface area (Å²) in [5, 5.41) is 11.8. The Labute approximate surface area is 118 Å². The number of likely N-dealkylation sites (tertiary alicyclic amines) is 1. The molecule has 2 rings (SSSR count). The molecule has 0 bridgehead atoms. The molecule has 1 aliphatic heterocycles. The van der Waals surface area contributed by atoms with Crippen molar-refractivity contribution in [3.8, 4) is 0 Å². The van der Waals surface area contributed by atoms with E-state index in [1.54, 1.807) is 11.8 Å². The van der Waals surface area contributed by atoms with Gasteiger partial charge in [0.15, 0.2) is 0 Å². The van der Waals surface area contributed by atoms with Gasteiger partial charge in [-0.15, -0.1) is 0 Å². The standard InChI is InChI=1S/C13H22N2O3S/c16-11(14-13(12(17)18)4-3-5-13)10-19-9-8-15-6-1-2-7-15/h1-10H2,(H,14,16)(H,17,18). The Morgan fingerprint density at radius 2 is 1.89 bits per heavy atom. The lowest BCUT2D eigenvalue weighted by Gasteiger charge is -2.38. The fourth-order valence-electron chi connectivity index (χ4n) is 2.59. The first-order valence-corrected chi connectivity index (χ1v) is 8.12. The molecule has 1 heterocycles. The Hall–Kier alpha value is -0.750. The lowest BCUT2D eigenvalue weighted by Crippen LogP contribution is -2.59. The second kappa shape index (κ2) is 6.61. The van der Waals surface area contributed by atoms with Crippen LogP contribution in [0.1, 0.15) is 32.1 Å². The van der Waals surface area contributed by atoms with Crippen molar-refractivity contribution >= 4 is 23.6 Å². The average molecular weight is 286 g/mol. The lowest BCUT2D eigenvalue weighted by atomic mass is 9.77. The van der Waals surface area contributed by atoms with Crippen LogP contribution in [0.25, 0.3) is 0 Å². The van der Waals surface area contributed by atoms with Crippen LogP contribution >= 0.6 is 11.8 Å². The van der Waals surface area contributed by atoms with Crippen LogP contribution in [0.2, 0.25) is 0 Å². The van der Waals surface area contributed by atoms with Crippen molar-refractivity contribution in [2.45, 2.75) is 37.6 Å². The van der Waals surface area contributed by atoms with Crippen LogP contribution in [0.4, 0.5) is 0 Å². The molecule has 0 aromatic carbocycles. The molecule has 2 aliphatic rings. The molecule has 19 heavy (non-hydrogen) atoms. The van der Waals surface area contributed by atoms with Crippen LogP contribution in [-0.2, 0) is 9.59 Å². The normalized spacial score (nSPS) is 21.9. The fourth-order valence-corrected chi connectivity index (χ4v) is 3.38. The summed E-state index contributed by atoms with van der Waals surface area (Å²) in [6.07, 6.45) is 4.58. The summed E-state index contributed by atoms with van der Waals surface area (Å²) in [6, 6.07) is 0. The van der Waals surface area contributed by atoms with E-state index in [1.807, 2.05) is 0 Å². The zero-order valence-electron chi connectivity index (χ0n) is 11.2. The molecule has 0 aromatic rings. The number of carboxylic acids is 1. The van der Waals surface area contributed by atoms with Gasteiger partial charge in [-0.25, -0.2) is 4.79 Å². The molecule has 0 radical (unpaired) electrons. The highest BCUT2D eigenvalue weighted by Gasteiger charge is 2.45. The molecule has 1 aliphatic carbocycles. The summed E-state index contributed by atoms with van der Waals surface area (Å²) >= 11 is 1.59. The number of aliphatic carboxylic acids is 1. The largest absolute Gasteiger partial charge is 0.480 e. The molecule has 5 nitrogen and oxygen atoms in total. The third-order valence-electron chi connectivity index (χ3n) is 3.98. The van der Waals surface area contributed by atoms with Crippen molar-refractivity contribution in [3.63, 3.8) is 0 Å². The Morgan fingerprint density at radius 1 is 1.21 bits per heavy atom. The van der Waals surface area contributed by atoms with Crippen LogP contribution in [0.5, 0.6) is 0 Å². The number of rotatable bonds is 7. The third kappa shape index (κ3) is 3.86. The molecule has 0 aromatic heterocycles. The van der Waals surface area contributed by atoms with Crippen LogP contribution < -0.4 is 5.32 Å². The Bertz CT molecular complexity index is 339. The predicted molar refractivity (Wildman–Crippen MR) is 75.4 cm³/mol. The second-order valence-corrected chi connectivity index (χ2v) is 6.50. The van der Waals surface area contributed by atoms with Crippen molar-refractivity contribution in [2.75, 3.05) is 31.1 Å². The minimum Gasteiger partial charge on any atom is -0.480 e. The number of amides is 1. The zero-order chi connectivity index (χ0) is 13.7. The first kappa shape index (κ1) is 14.7. The maximum atomic E-state index is 11.7. The number of hydrogen-bond donors (Lipinski definition) is 2. The maximum Gasteiger partial charge on any atom is 0.329 e. The lowest BCUT2D eigenvalue weighted by molar-refractivity contribution is -0.151. The van der Waals surface area contributed by atoms with Crippen molar-refractivity contribution in [1.82, 2.24) is 10.2 Å². The number of hydrogen-bond acceptors (Lipinski definition) is 4. The average Bonchev–Trinajstić information content (AvgIpc) is 2.82. The van der Waals surface area contributed by atoms with Crippen molar-refractivity contribution < 1.29 is 14.7 Å². The molecule has 0 atom stereocenters. The van der Waals surface area contributed by atoms with Crippen molar-refractivity contribution in [3.05, 3.63) is 0 Å². The highest BCUT2D eigenvalue weighted by atomic mass is 32.2. The Morgan fingerprint density at radius 3 is 2.42 bits per heavy atom. The number of nitrogens with zero attached hydrogens (tertiary/aromatic N) is 1. The summed E-state index contributed by atoms with van der Waals surface area (Å²) in [5.74, 6) is 0.263. The smallest absolute Gasteiger partial charge is 0.329 e. The van der Waals surface area contributed by atoms with Gasteiger partial charge in [-0.1, -0.05) is 0 Å². The van der Waals surface area contributed by atoms with E-state index >= 15 is 0 Å². The van der Waals surface area contributed by atoms with Gasteiger partial charge in [0.2, 0.25) is 5.91 Å². The third-order valence-corrected chi connectivity index (χ3v) is 4.92. The quantitative estimate of drug-likeness (QED) is 0.682. The van der Waals surface area contributed by atoms with E-state index in [-0.39, 0.29) is 5.91 Å². The molecule has 108 valence electrons. The molecule has 0 unspecified atom stereocenters. The van der Waals surface area contributed by atoms with Crippen LogP contribution in [0.15, 0.2) is 0 Å². The van der Waals surface area contributed by atoms with E-state index in [0.29, 0.717) is 18.6 Å². The van der Waals surface area contributed by atoms with Gasteiger partial charge in [0.1, 0.15) is 5.54 Å². The number of carbonyl (C=O) groups is 2. The van der Waals surface area contributed by atoms with E-state index in [4.69, 9.17) is 5.11 Å². The molecule has 1 saturated heterocycles. The van der Waals surface area contributed by atoms with Gasteiger partial charge >= 0.3 is 5.97 Å². The molecule has 0 spiro atoms. The Balaban J connectivity index is 1.60. The van der Waals surface area contributed by atoms with Crippen LogP contribution in [0, 0.1) is 0 Å². The fraction of sp³-hybridized carbons (Fsp3) is 0.846. The monoisotopic (exact) mass is 286 g/mol. The van der Waals surface area contributed by atoms with Gasteiger partial charge < -0.3 is 15.3 Å². The van der Waals surface area contributed by atoms with E-state index in [2.05, 4.69) is 10.2 Å². The summed E-state index contributed by atoms with van der Waals surface area (Å²) < 4.78 is 0. The molecule has 6 heteroatoms. The molecule has 2 N–H and O–H groups in total. The van der Waals surface area contributed by atoms with Crippen molar-refractivity contribution in [2.24, 2.45) is 0 Å². The van der Waals surface area contributed by atoms with Gasteiger partial charge in [0.25, 0.3) is 0 Å². The minimum absolute atomic E-state index is 0.145. The van der Waals surface area contributed by atoms with Gasteiger partial charge in [-0.05, 0) is 45.2 Å². The van der Waals surface area contributed by atoms with Gasteiger partial charge in [-0.3, -0.25) is 4.79 Å². The number of carbonyl (C=O) groups excluding carboxylic acids is 1. The molecule has 1 saturated carbocycles. The first-order chi connectivity index (χ1) is 9.12. The molecule has 1 amide bonds. The molecule has 2 fully saturated rings. The summed E-state index contributed by atoms with van der Waals surface area (Å²) in [5.41, 5.74) is -0.966. The zero-order valence-corrected chi connectivity index (χ0v) is 12.0.